The number of nitrogens with one attached hydrogen (secondary N) is 1. The first-order valence-corrected chi connectivity index (χ1v) is 9.99. The predicted molar refractivity (Wildman–Crippen MR) is 93.6 cm³/mol. The monoisotopic (exact) mass is 348 g/mol. The Balaban J connectivity index is 1.49. The van der Waals surface area contributed by atoms with Crippen molar-refractivity contribution in [1.29, 1.82) is 0 Å². The zero-order valence-electron chi connectivity index (χ0n) is 13.7. The molecule has 0 radical (unpaired) electrons. The standard InChI is InChI=1S/C18H24N2O3S/c21-24(22,19-12-5-15-20-13-3-4-14-20)18-10-8-17(9-11-18)23-16-6-1-2-7-16/h3-4,8-11,13-14,16,19H,1-2,5-7,12,15H2. The van der Waals surface area contributed by atoms with Crippen molar-refractivity contribution in [3.8, 4) is 5.75 Å². The van der Waals surface area contributed by atoms with Crippen LogP contribution < -0.4 is 9.46 Å². The number of rotatable bonds is 8. The second kappa shape index (κ2) is 7.85. The van der Waals surface area contributed by atoms with Crippen LogP contribution in [0.3, 0.4) is 0 Å². The van der Waals surface area contributed by atoms with Crippen molar-refractivity contribution in [1.82, 2.24) is 9.29 Å². The fraction of sp³-hybridized carbons (Fsp3) is 0.444. The SMILES string of the molecule is O=S(=O)(NCCCn1cccc1)c1ccc(OC2CCCC2)cc1. The van der Waals surface area contributed by atoms with Crippen LogP contribution in [0.25, 0.3) is 0 Å². The lowest BCUT2D eigenvalue weighted by Crippen LogP contribution is -2.25. The molecule has 3 rings (SSSR count). The second-order valence-corrected chi connectivity index (χ2v) is 7.93. The number of hydrogen-bond acceptors (Lipinski definition) is 3. The Morgan fingerprint density at radius 3 is 2.42 bits per heavy atom. The van der Waals surface area contributed by atoms with E-state index in [-0.39, 0.29) is 11.0 Å². The molecule has 0 amide bonds. The molecule has 0 spiro atoms. The molecule has 1 aliphatic rings. The zero-order chi connectivity index (χ0) is 16.8. The lowest BCUT2D eigenvalue weighted by molar-refractivity contribution is 0.210. The largest absolute Gasteiger partial charge is 0.490 e. The van der Waals surface area contributed by atoms with Crippen LogP contribution in [0.4, 0.5) is 0 Å². The van der Waals surface area contributed by atoms with Crippen molar-refractivity contribution in [3.05, 3.63) is 48.8 Å². The number of hydrogen-bond donors (Lipinski definition) is 1. The molecule has 0 unspecified atom stereocenters. The van der Waals surface area contributed by atoms with Gasteiger partial charge in [-0.15, -0.1) is 0 Å². The van der Waals surface area contributed by atoms with Crippen molar-refractivity contribution >= 4 is 10.0 Å². The highest BCUT2D eigenvalue weighted by Gasteiger charge is 2.17. The van der Waals surface area contributed by atoms with E-state index >= 15 is 0 Å². The number of aryl methyl sites for hydroxylation is 1. The summed E-state index contributed by atoms with van der Waals surface area (Å²) in [7, 11) is -3.46. The lowest BCUT2D eigenvalue weighted by atomic mass is 10.3. The van der Waals surface area contributed by atoms with E-state index in [0.29, 0.717) is 6.54 Å². The van der Waals surface area contributed by atoms with Crippen LogP contribution in [0.15, 0.2) is 53.7 Å². The van der Waals surface area contributed by atoms with E-state index < -0.39 is 10.0 Å². The third kappa shape index (κ3) is 4.61. The molecule has 24 heavy (non-hydrogen) atoms. The van der Waals surface area contributed by atoms with Gasteiger partial charge in [0.15, 0.2) is 0 Å². The molecule has 0 atom stereocenters. The van der Waals surface area contributed by atoms with Crippen LogP contribution >= 0.6 is 0 Å². The molecule has 0 saturated heterocycles. The molecule has 0 aliphatic heterocycles. The quantitative estimate of drug-likeness (QED) is 0.746. The summed E-state index contributed by atoms with van der Waals surface area (Å²) in [6.07, 6.45) is 9.56. The summed E-state index contributed by atoms with van der Waals surface area (Å²) >= 11 is 0. The Bertz CT molecular complexity index is 718. The summed E-state index contributed by atoms with van der Waals surface area (Å²) in [6.45, 7) is 1.21. The molecule has 0 bridgehead atoms. The van der Waals surface area contributed by atoms with Gasteiger partial charge in [0.2, 0.25) is 10.0 Å². The Labute approximate surface area is 143 Å². The summed E-state index contributed by atoms with van der Waals surface area (Å²) in [4.78, 5) is 0.280. The number of nitrogens with zero attached hydrogens (tertiary/aromatic N) is 1. The number of sulfonamides is 1. The third-order valence-electron chi connectivity index (χ3n) is 4.29. The minimum absolute atomic E-state index is 0.277. The summed E-state index contributed by atoms with van der Waals surface area (Å²) in [5.41, 5.74) is 0. The van der Waals surface area contributed by atoms with Crippen LogP contribution in [-0.2, 0) is 16.6 Å². The molecular formula is C18H24N2O3S. The van der Waals surface area contributed by atoms with Crippen LogP contribution in [-0.4, -0.2) is 25.6 Å². The molecule has 6 heteroatoms. The van der Waals surface area contributed by atoms with Crippen LogP contribution in [0.5, 0.6) is 5.75 Å². The number of benzene rings is 1. The minimum Gasteiger partial charge on any atom is -0.490 e. The van der Waals surface area contributed by atoms with Crippen molar-refractivity contribution in [2.75, 3.05) is 6.54 Å². The summed E-state index contributed by atoms with van der Waals surface area (Å²) in [5, 5.41) is 0. The normalized spacial score (nSPS) is 15.7. The van der Waals surface area contributed by atoms with E-state index in [9.17, 15) is 8.42 Å². The molecule has 1 fully saturated rings. The van der Waals surface area contributed by atoms with E-state index in [0.717, 1.165) is 31.6 Å². The molecule has 1 aliphatic carbocycles. The molecule has 1 aromatic heterocycles. The molecule has 130 valence electrons. The zero-order valence-corrected chi connectivity index (χ0v) is 14.5. The van der Waals surface area contributed by atoms with Crippen molar-refractivity contribution in [2.45, 2.75) is 49.6 Å². The average Bonchev–Trinajstić information content (AvgIpc) is 3.26. The van der Waals surface area contributed by atoms with Gasteiger partial charge in [-0.05, 0) is 68.5 Å². The summed E-state index contributed by atoms with van der Waals surface area (Å²) in [6, 6.07) is 10.6. The molecule has 5 nitrogen and oxygen atoms in total. The van der Waals surface area contributed by atoms with Gasteiger partial charge in [0.05, 0.1) is 11.0 Å². The van der Waals surface area contributed by atoms with Gasteiger partial charge < -0.3 is 9.30 Å². The fourth-order valence-corrected chi connectivity index (χ4v) is 4.04. The first-order chi connectivity index (χ1) is 11.6. The number of aromatic nitrogens is 1. The highest BCUT2D eigenvalue weighted by Crippen LogP contribution is 2.24. The van der Waals surface area contributed by atoms with E-state index in [4.69, 9.17) is 4.74 Å². The highest BCUT2D eigenvalue weighted by atomic mass is 32.2. The number of ether oxygens (including phenoxy) is 1. The van der Waals surface area contributed by atoms with Crippen LogP contribution in [0.2, 0.25) is 0 Å². The van der Waals surface area contributed by atoms with Crippen molar-refractivity contribution < 1.29 is 13.2 Å². The van der Waals surface area contributed by atoms with Crippen molar-refractivity contribution in [3.63, 3.8) is 0 Å². The van der Waals surface area contributed by atoms with Gasteiger partial charge in [-0.25, -0.2) is 13.1 Å². The van der Waals surface area contributed by atoms with Gasteiger partial charge in [-0.3, -0.25) is 0 Å². The minimum atomic E-state index is -3.46. The van der Waals surface area contributed by atoms with E-state index in [1.54, 1.807) is 24.3 Å². The molecular weight excluding hydrogens is 324 g/mol. The first kappa shape index (κ1) is 17.0. The van der Waals surface area contributed by atoms with E-state index in [1.165, 1.54) is 12.8 Å². The van der Waals surface area contributed by atoms with Gasteiger partial charge in [0.25, 0.3) is 0 Å². The molecule has 1 N–H and O–H groups in total. The van der Waals surface area contributed by atoms with Gasteiger partial charge in [-0.1, -0.05) is 0 Å². The predicted octanol–water partition coefficient (Wildman–Crippen LogP) is 3.18. The average molecular weight is 348 g/mol. The van der Waals surface area contributed by atoms with Gasteiger partial charge in [0, 0.05) is 25.5 Å². The fourth-order valence-electron chi connectivity index (χ4n) is 2.97. The van der Waals surface area contributed by atoms with Crippen LogP contribution in [0, 0.1) is 0 Å². The highest BCUT2D eigenvalue weighted by molar-refractivity contribution is 7.89. The van der Waals surface area contributed by atoms with Gasteiger partial charge >= 0.3 is 0 Å². The maximum atomic E-state index is 12.3. The van der Waals surface area contributed by atoms with E-state index in [2.05, 4.69) is 4.72 Å². The molecule has 1 saturated carbocycles. The summed E-state index contributed by atoms with van der Waals surface area (Å²) < 4.78 is 35.1. The van der Waals surface area contributed by atoms with E-state index in [1.807, 2.05) is 29.1 Å². The second-order valence-electron chi connectivity index (χ2n) is 6.17. The maximum absolute atomic E-state index is 12.3. The Kier molecular flexibility index (Phi) is 5.58. The Hall–Kier alpha value is -1.79. The molecule has 2 aromatic rings. The first-order valence-electron chi connectivity index (χ1n) is 8.51. The third-order valence-corrected chi connectivity index (χ3v) is 5.77. The summed E-state index contributed by atoms with van der Waals surface area (Å²) in [5.74, 6) is 0.744. The maximum Gasteiger partial charge on any atom is 0.240 e. The Morgan fingerprint density at radius 1 is 1.08 bits per heavy atom. The smallest absolute Gasteiger partial charge is 0.240 e. The lowest BCUT2D eigenvalue weighted by Gasteiger charge is -2.13. The van der Waals surface area contributed by atoms with Gasteiger partial charge in [-0.2, -0.15) is 0 Å². The Morgan fingerprint density at radius 2 is 1.75 bits per heavy atom. The topological polar surface area (TPSA) is 60.3 Å². The molecule has 1 aromatic carbocycles. The van der Waals surface area contributed by atoms with Gasteiger partial charge in [0.1, 0.15) is 5.75 Å². The molecule has 1 heterocycles. The van der Waals surface area contributed by atoms with Crippen LogP contribution in [0.1, 0.15) is 32.1 Å². The van der Waals surface area contributed by atoms with Crippen molar-refractivity contribution in [2.24, 2.45) is 0 Å².